The molecule has 4 N–H and O–H groups in total. The van der Waals surface area contributed by atoms with Crippen LogP contribution in [0, 0.1) is 5.92 Å². The van der Waals surface area contributed by atoms with Gasteiger partial charge in [0.05, 0.1) is 17.5 Å². The molecule has 2 aromatic heterocycles. The molecule has 0 aromatic carbocycles. The Morgan fingerprint density at radius 3 is 2.81 bits per heavy atom. The summed E-state index contributed by atoms with van der Waals surface area (Å²) in [6.07, 6.45) is 2.17. The van der Waals surface area contributed by atoms with Crippen LogP contribution in [-0.2, 0) is 9.47 Å². The fourth-order valence-corrected chi connectivity index (χ4v) is 4.54. The summed E-state index contributed by atoms with van der Waals surface area (Å²) < 4.78 is 14.2. The lowest BCUT2D eigenvalue weighted by atomic mass is 10.1. The summed E-state index contributed by atoms with van der Waals surface area (Å²) in [5.74, 6) is -0.471. The summed E-state index contributed by atoms with van der Waals surface area (Å²) >= 11 is 11.5. The van der Waals surface area contributed by atoms with Crippen molar-refractivity contribution >= 4 is 45.7 Å². The maximum Gasteiger partial charge on any atom is 0.226 e. The van der Waals surface area contributed by atoms with Gasteiger partial charge in [-0.2, -0.15) is 4.98 Å². The molecule has 1 aliphatic heterocycles. The predicted molar refractivity (Wildman–Crippen MR) is 106 cm³/mol. The lowest BCUT2D eigenvalue weighted by Gasteiger charge is -2.24. The van der Waals surface area contributed by atoms with Gasteiger partial charge >= 0.3 is 0 Å². The van der Waals surface area contributed by atoms with Gasteiger partial charge in [-0.05, 0) is 31.9 Å². The maximum absolute atomic E-state index is 9.84. The molecule has 3 heterocycles. The summed E-state index contributed by atoms with van der Waals surface area (Å²) in [5.41, 5.74) is 7.46. The summed E-state index contributed by atoms with van der Waals surface area (Å²) in [6.45, 7) is 3.78. The summed E-state index contributed by atoms with van der Waals surface area (Å²) in [5, 5.41) is 13.5. The minimum atomic E-state index is -0.709. The molecule has 0 bridgehead atoms. The van der Waals surface area contributed by atoms with Gasteiger partial charge in [-0.1, -0.05) is 12.2 Å². The highest BCUT2D eigenvalue weighted by molar-refractivity contribution is 7.80. The van der Waals surface area contributed by atoms with E-state index in [-0.39, 0.29) is 41.9 Å². The molecule has 8 nitrogen and oxygen atoms in total. The van der Waals surface area contributed by atoms with Crippen LogP contribution in [0.3, 0.4) is 0 Å². The Hall–Kier alpha value is -1.52. The van der Waals surface area contributed by atoms with Crippen molar-refractivity contribution in [2.24, 2.45) is 5.92 Å². The Labute approximate surface area is 167 Å². The van der Waals surface area contributed by atoms with Crippen LogP contribution in [0.5, 0.6) is 0 Å². The van der Waals surface area contributed by atoms with Crippen molar-refractivity contribution in [2.75, 3.05) is 19.4 Å². The first-order valence-electron chi connectivity index (χ1n) is 8.78. The first-order valence-corrected chi connectivity index (χ1v) is 9.56. The van der Waals surface area contributed by atoms with Gasteiger partial charge in [-0.25, -0.2) is 4.98 Å². The fourth-order valence-electron chi connectivity index (χ4n) is 4.22. The highest BCUT2D eigenvalue weighted by Crippen LogP contribution is 2.48. The van der Waals surface area contributed by atoms with Crippen LogP contribution in [0.2, 0.25) is 5.28 Å². The largest absolute Gasteiger partial charge is 0.396 e. The molecule has 0 spiro atoms. The predicted octanol–water partition coefficient (Wildman–Crippen LogP) is 1.64. The standard InChI is InChI=1S/C17H22ClN5O3S/c1-17(2)25-11-7(6-24)4-9(12(11)26-17)23-5-8(15(27)20-3)10-13(19)21-16(18)22-14(10)23/h5,7,9,11-12,24H,4,6H2,1-3H3,(H,20,27)(H2,19,21,22)/t7-,9-,11-,12+/m1/s1. The van der Waals surface area contributed by atoms with Crippen molar-refractivity contribution in [1.82, 2.24) is 19.9 Å². The molecular weight excluding hydrogens is 390 g/mol. The lowest BCUT2D eigenvalue weighted by molar-refractivity contribution is -0.161. The molecule has 146 valence electrons. The van der Waals surface area contributed by atoms with Gasteiger partial charge in [-0.15, -0.1) is 0 Å². The van der Waals surface area contributed by atoms with Crippen LogP contribution in [0.4, 0.5) is 5.82 Å². The molecule has 4 rings (SSSR count). The molecule has 2 aromatic rings. The number of aliphatic hydroxyl groups excluding tert-OH is 1. The Kier molecular flexibility index (Phi) is 4.55. The van der Waals surface area contributed by atoms with Crippen molar-refractivity contribution in [3.63, 3.8) is 0 Å². The van der Waals surface area contributed by atoms with Gasteiger partial charge in [0.1, 0.15) is 22.6 Å². The number of halogens is 1. The monoisotopic (exact) mass is 411 g/mol. The molecule has 2 aliphatic rings. The second-order valence-electron chi connectivity index (χ2n) is 7.42. The van der Waals surface area contributed by atoms with E-state index in [1.807, 2.05) is 24.6 Å². The third-order valence-corrected chi connectivity index (χ3v) is 5.88. The van der Waals surface area contributed by atoms with Crippen molar-refractivity contribution < 1.29 is 14.6 Å². The third kappa shape index (κ3) is 2.98. The Bertz CT molecular complexity index is 918. The first kappa shape index (κ1) is 18.8. The third-order valence-electron chi connectivity index (χ3n) is 5.29. The molecule has 27 heavy (non-hydrogen) atoms. The number of thiocarbonyl (C=S) groups is 1. The number of nitrogen functional groups attached to an aromatic ring is 1. The van der Waals surface area contributed by atoms with E-state index >= 15 is 0 Å². The molecule has 1 saturated carbocycles. The number of ether oxygens (including phenoxy) is 2. The second kappa shape index (κ2) is 6.52. The molecule has 0 amide bonds. The van der Waals surface area contributed by atoms with Gasteiger partial charge in [0.15, 0.2) is 5.79 Å². The van der Waals surface area contributed by atoms with Crippen LogP contribution in [0.25, 0.3) is 11.0 Å². The van der Waals surface area contributed by atoms with Crippen molar-refractivity contribution in [2.45, 2.75) is 44.3 Å². The van der Waals surface area contributed by atoms with Gasteiger partial charge in [0, 0.05) is 31.3 Å². The highest BCUT2D eigenvalue weighted by atomic mass is 35.5. The van der Waals surface area contributed by atoms with E-state index < -0.39 is 5.79 Å². The molecule has 1 aliphatic carbocycles. The number of nitrogens with two attached hydrogens (primary N) is 1. The zero-order valence-electron chi connectivity index (χ0n) is 15.3. The highest BCUT2D eigenvalue weighted by Gasteiger charge is 2.54. The Morgan fingerprint density at radius 1 is 1.44 bits per heavy atom. The zero-order valence-corrected chi connectivity index (χ0v) is 16.8. The smallest absolute Gasteiger partial charge is 0.226 e. The topological polar surface area (TPSA) is 107 Å². The van der Waals surface area contributed by atoms with Crippen molar-refractivity contribution in [1.29, 1.82) is 0 Å². The van der Waals surface area contributed by atoms with E-state index in [0.29, 0.717) is 22.4 Å². The van der Waals surface area contributed by atoms with Crippen LogP contribution >= 0.6 is 23.8 Å². The molecule has 2 fully saturated rings. The number of anilines is 1. The average molecular weight is 412 g/mol. The van der Waals surface area contributed by atoms with Gasteiger partial charge in [-0.3, -0.25) is 0 Å². The Balaban J connectivity index is 1.88. The minimum absolute atomic E-state index is 0.0238. The number of hydrogen-bond acceptors (Lipinski definition) is 7. The fraction of sp³-hybridized carbons (Fsp3) is 0.588. The number of hydrogen-bond donors (Lipinski definition) is 3. The molecule has 4 atom stereocenters. The van der Waals surface area contributed by atoms with Gasteiger partial charge < -0.3 is 30.2 Å². The summed E-state index contributed by atoms with van der Waals surface area (Å²) in [6, 6.07) is -0.102. The molecule has 1 saturated heterocycles. The van der Waals surface area contributed by atoms with E-state index in [1.165, 1.54) is 0 Å². The molecule has 0 radical (unpaired) electrons. The van der Waals surface area contributed by atoms with Gasteiger partial charge in [0.2, 0.25) is 5.28 Å². The number of aromatic nitrogens is 3. The van der Waals surface area contributed by atoms with E-state index in [2.05, 4.69) is 15.3 Å². The number of aliphatic hydroxyl groups is 1. The van der Waals surface area contributed by atoms with E-state index in [4.69, 9.17) is 39.0 Å². The first-order chi connectivity index (χ1) is 12.8. The number of rotatable bonds is 3. The quantitative estimate of drug-likeness (QED) is 0.516. The average Bonchev–Trinajstić information content (AvgIpc) is 3.22. The van der Waals surface area contributed by atoms with Crippen LogP contribution in [0.1, 0.15) is 31.9 Å². The molecule has 10 heteroatoms. The Morgan fingerprint density at radius 2 is 2.15 bits per heavy atom. The summed E-state index contributed by atoms with van der Waals surface area (Å²) in [4.78, 5) is 9.02. The van der Waals surface area contributed by atoms with E-state index in [1.54, 1.807) is 7.05 Å². The SMILES string of the molecule is CNC(=S)c1cn([C@@H]2C[C@H](CO)[C@H]3OC(C)(C)O[C@H]32)c2nc(Cl)nc(N)c12. The van der Waals surface area contributed by atoms with Crippen molar-refractivity contribution in [3.8, 4) is 0 Å². The lowest BCUT2D eigenvalue weighted by Crippen LogP contribution is -2.27. The second-order valence-corrected chi connectivity index (χ2v) is 8.16. The minimum Gasteiger partial charge on any atom is -0.396 e. The maximum atomic E-state index is 9.84. The van der Waals surface area contributed by atoms with Gasteiger partial charge in [0.25, 0.3) is 0 Å². The molecule has 0 unspecified atom stereocenters. The number of nitrogens with zero attached hydrogens (tertiary/aromatic N) is 3. The summed E-state index contributed by atoms with van der Waals surface area (Å²) in [7, 11) is 1.75. The van der Waals surface area contributed by atoms with E-state index in [9.17, 15) is 5.11 Å². The normalized spacial score (nSPS) is 29.2. The zero-order chi connectivity index (χ0) is 19.5. The van der Waals surface area contributed by atoms with E-state index in [0.717, 1.165) is 5.56 Å². The number of nitrogens with one attached hydrogen (secondary N) is 1. The van der Waals surface area contributed by atoms with Crippen LogP contribution < -0.4 is 11.1 Å². The van der Waals surface area contributed by atoms with Crippen molar-refractivity contribution in [3.05, 3.63) is 17.0 Å². The van der Waals surface area contributed by atoms with Crippen LogP contribution in [0.15, 0.2) is 6.20 Å². The number of fused-ring (bicyclic) bond motifs is 2. The molecular formula is C17H22ClN5O3S. The van der Waals surface area contributed by atoms with Crippen LogP contribution in [-0.4, -0.2) is 56.3 Å².